The molecule has 4 unspecified atom stereocenters. The SMILES string of the molecule is Cc1ccc(C(=O)NCC(=O)NC2C3CCC(C3)C2CO)cc1C. The van der Waals surface area contributed by atoms with Gasteiger partial charge in [-0.1, -0.05) is 6.07 Å². The average Bonchev–Trinajstić information content (AvgIpc) is 3.16. The van der Waals surface area contributed by atoms with E-state index < -0.39 is 0 Å². The summed E-state index contributed by atoms with van der Waals surface area (Å²) >= 11 is 0. The lowest BCUT2D eigenvalue weighted by Crippen LogP contribution is -2.48. The fourth-order valence-corrected chi connectivity index (χ4v) is 4.28. The number of benzene rings is 1. The Morgan fingerprint density at radius 1 is 1.17 bits per heavy atom. The van der Waals surface area contributed by atoms with E-state index >= 15 is 0 Å². The Morgan fingerprint density at radius 2 is 1.92 bits per heavy atom. The second kappa shape index (κ2) is 6.93. The molecule has 1 aromatic rings. The van der Waals surface area contributed by atoms with Crippen molar-refractivity contribution in [3.05, 3.63) is 34.9 Å². The average molecular weight is 330 g/mol. The third-order valence-electron chi connectivity index (χ3n) is 5.81. The van der Waals surface area contributed by atoms with Gasteiger partial charge in [-0.3, -0.25) is 9.59 Å². The van der Waals surface area contributed by atoms with Crippen molar-refractivity contribution in [1.82, 2.24) is 10.6 Å². The van der Waals surface area contributed by atoms with Crippen molar-refractivity contribution >= 4 is 11.8 Å². The molecular formula is C19H26N2O3. The van der Waals surface area contributed by atoms with Crippen LogP contribution in [0.2, 0.25) is 0 Å². The molecule has 2 aliphatic rings. The minimum absolute atomic E-state index is 0.0300. The minimum Gasteiger partial charge on any atom is -0.396 e. The summed E-state index contributed by atoms with van der Waals surface area (Å²) in [4.78, 5) is 24.4. The zero-order chi connectivity index (χ0) is 17.3. The van der Waals surface area contributed by atoms with Crippen molar-refractivity contribution in [2.24, 2.45) is 17.8 Å². The van der Waals surface area contributed by atoms with E-state index in [0.717, 1.165) is 30.4 Å². The second-order valence-corrected chi connectivity index (χ2v) is 7.25. The van der Waals surface area contributed by atoms with Crippen LogP contribution in [0, 0.1) is 31.6 Å². The summed E-state index contributed by atoms with van der Waals surface area (Å²) in [6.45, 7) is 4.05. The van der Waals surface area contributed by atoms with Crippen LogP contribution in [0.15, 0.2) is 18.2 Å². The fraction of sp³-hybridized carbons (Fsp3) is 0.579. The molecule has 0 saturated heterocycles. The molecule has 1 aromatic carbocycles. The molecule has 5 heteroatoms. The van der Waals surface area contributed by atoms with Gasteiger partial charge >= 0.3 is 0 Å². The summed E-state index contributed by atoms with van der Waals surface area (Å²) in [5.74, 6) is 0.771. The number of aryl methyl sites for hydroxylation is 2. The number of amides is 2. The molecule has 0 heterocycles. The van der Waals surface area contributed by atoms with E-state index in [-0.39, 0.29) is 36.9 Å². The molecule has 2 bridgehead atoms. The quantitative estimate of drug-likeness (QED) is 0.766. The first-order chi connectivity index (χ1) is 11.5. The standard InChI is InChI=1S/C19H26N2O3/c1-11-3-4-15(7-12(11)2)19(24)20-9-17(23)21-18-14-6-5-13(8-14)16(18)10-22/h3-4,7,13-14,16,18,22H,5-6,8-10H2,1-2H3,(H,20,24)(H,21,23). The maximum Gasteiger partial charge on any atom is 0.251 e. The highest BCUT2D eigenvalue weighted by Crippen LogP contribution is 2.48. The molecule has 2 amide bonds. The molecule has 0 radical (unpaired) electrons. The first-order valence-corrected chi connectivity index (χ1v) is 8.75. The molecule has 2 fully saturated rings. The molecule has 0 aromatic heterocycles. The van der Waals surface area contributed by atoms with Crippen LogP contribution in [0.3, 0.4) is 0 Å². The Morgan fingerprint density at radius 3 is 2.62 bits per heavy atom. The van der Waals surface area contributed by atoms with Crippen LogP contribution in [-0.2, 0) is 4.79 Å². The molecule has 24 heavy (non-hydrogen) atoms. The summed E-state index contributed by atoms with van der Waals surface area (Å²) in [6, 6.07) is 5.57. The van der Waals surface area contributed by atoms with E-state index in [0.29, 0.717) is 17.4 Å². The molecule has 0 spiro atoms. The first-order valence-electron chi connectivity index (χ1n) is 8.75. The van der Waals surface area contributed by atoms with Crippen LogP contribution < -0.4 is 10.6 Å². The first kappa shape index (κ1) is 17.0. The zero-order valence-electron chi connectivity index (χ0n) is 14.3. The largest absolute Gasteiger partial charge is 0.396 e. The van der Waals surface area contributed by atoms with Crippen LogP contribution in [-0.4, -0.2) is 36.1 Å². The topological polar surface area (TPSA) is 78.4 Å². The summed E-state index contributed by atoms with van der Waals surface area (Å²) < 4.78 is 0. The van der Waals surface area contributed by atoms with E-state index in [9.17, 15) is 14.7 Å². The fourth-order valence-electron chi connectivity index (χ4n) is 4.28. The molecule has 5 nitrogen and oxygen atoms in total. The highest BCUT2D eigenvalue weighted by molar-refractivity contribution is 5.96. The van der Waals surface area contributed by atoms with Gasteiger partial charge in [0.1, 0.15) is 0 Å². The van der Waals surface area contributed by atoms with Crippen molar-refractivity contribution in [3.63, 3.8) is 0 Å². The lowest BCUT2D eigenvalue weighted by Gasteiger charge is -2.30. The maximum absolute atomic E-state index is 12.2. The van der Waals surface area contributed by atoms with Crippen molar-refractivity contribution in [2.45, 2.75) is 39.2 Å². The van der Waals surface area contributed by atoms with Gasteiger partial charge in [0.05, 0.1) is 6.54 Å². The number of fused-ring (bicyclic) bond motifs is 2. The van der Waals surface area contributed by atoms with Crippen molar-refractivity contribution < 1.29 is 14.7 Å². The summed E-state index contributed by atoms with van der Waals surface area (Å²) in [6.07, 6.45) is 3.39. The lowest BCUT2D eigenvalue weighted by molar-refractivity contribution is -0.121. The lowest BCUT2D eigenvalue weighted by atomic mass is 9.85. The number of nitrogens with one attached hydrogen (secondary N) is 2. The van der Waals surface area contributed by atoms with E-state index in [1.807, 2.05) is 26.0 Å². The van der Waals surface area contributed by atoms with Crippen molar-refractivity contribution in [1.29, 1.82) is 0 Å². The number of hydrogen-bond donors (Lipinski definition) is 3. The van der Waals surface area contributed by atoms with E-state index in [1.54, 1.807) is 6.07 Å². The number of carbonyl (C=O) groups excluding carboxylic acids is 2. The Hall–Kier alpha value is -1.88. The van der Waals surface area contributed by atoms with Gasteiger partial charge in [-0.15, -0.1) is 0 Å². The Labute approximate surface area is 142 Å². The van der Waals surface area contributed by atoms with E-state index in [1.165, 1.54) is 0 Å². The molecule has 3 N–H and O–H groups in total. The van der Waals surface area contributed by atoms with Gasteiger partial charge < -0.3 is 15.7 Å². The minimum atomic E-state index is -0.236. The van der Waals surface area contributed by atoms with E-state index in [2.05, 4.69) is 10.6 Å². The molecule has 130 valence electrons. The Kier molecular flexibility index (Phi) is 4.90. The smallest absolute Gasteiger partial charge is 0.251 e. The van der Waals surface area contributed by atoms with Crippen LogP contribution in [0.5, 0.6) is 0 Å². The molecule has 0 aliphatic heterocycles. The molecule has 2 aliphatic carbocycles. The Bertz CT molecular complexity index is 643. The van der Waals surface area contributed by atoms with Gasteiger partial charge in [0, 0.05) is 24.1 Å². The highest BCUT2D eigenvalue weighted by atomic mass is 16.3. The number of hydrogen-bond acceptors (Lipinski definition) is 3. The number of carbonyl (C=O) groups is 2. The number of aliphatic hydroxyl groups excluding tert-OH is 1. The number of rotatable bonds is 5. The van der Waals surface area contributed by atoms with Gasteiger partial charge in [0.25, 0.3) is 5.91 Å². The molecule has 4 atom stereocenters. The van der Waals surface area contributed by atoms with Crippen molar-refractivity contribution in [3.8, 4) is 0 Å². The van der Waals surface area contributed by atoms with Crippen molar-refractivity contribution in [2.75, 3.05) is 13.2 Å². The summed E-state index contributed by atoms with van der Waals surface area (Å²) in [7, 11) is 0. The summed E-state index contributed by atoms with van der Waals surface area (Å²) in [5.41, 5.74) is 2.76. The van der Waals surface area contributed by atoms with E-state index in [4.69, 9.17) is 0 Å². The highest BCUT2D eigenvalue weighted by Gasteiger charge is 2.47. The Balaban J connectivity index is 1.52. The second-order valence-electron chi connectivity index (χ2n) is 7.25. The molecule has 3 rings (SSSR count). The molecular weight excluding hydrogens is 304 g/mol. The van der Waals surface area contributed by atoms with Gasteiger partial charge in [-0.05, 0) is 68.2 Å². The van der Waals surface area contributed by atoms with Crippen LogP contribution >= 0.6 is 0 Å². The normalized spacial score (nSPS) is 28.0. The van der Waals surface area contributed by atoms with Gasteiger partial charge in [-0.2, -0.15) is 0 Å². The van der Waals surface area contributed by atoms with Crippen LogP contribution in [0.4, 0.5) is 0 Å². The third-order valence-corrected chi connectivity index (χ3v) is 5.81. The van der Waals surface area contributed by atoms with Crippen LogP contribution in [0.1, 0.15) is 40.7 Å². The monoisotopic (exact) mass is 330 g/mol. The summed E-state index contributed by atoms with van der Waals surface area (Å²) in [5, 5.41) is 15.3. The van der Waals surface area contributed by atoms with Gasteiger partial charge in [0.2, 0.25) is 5.91 Å². The van der Waals surface area contributed by atoms with Gasteiger partial charge in [0.15, 0.2) is 0 Å². The predicted molar refractivity (Wildman–Crippen MR) is 91.6 cm³/mol. The maximum atomic E-state index is 12.2. The number of aliphatic hydroxyl groups is 1. The zero-order valence-corrected chi connectivity index (χ0v) is 14.3. The third kappa shape index (κ3) is 3.31. The van der Waals surface area contributed by atoms with Crippen LogP contribution in [0.25, 0.3) is 0 Å². The van der Waals surface area contributed by atoms with Gasteiger partial charge in [-0.25, -0.2) is 0 Å². The predicted octanol–water partition coefficient (Wildman–Crippen LogP) is 1.56. The molecule has 2 saturated carbocycles.